The lowest BCUT2D eigenvalue weighted by Gasteiger charge is -2.31. The van der Waals surface area contributed by atoms with Crippen LogP contribution in [0, 0.1) is 16.0 Å². The number of pyridine rings is 1. The lowest BCUT2D eigenvalue weighted by atomic mass is 9.98. The Hall–Kier alpha value is -2.18. The number of carbonyl (C=O) groups excluding carboxylic acids is 1. The number of nitrogens with zero attached hydrogens (tertiary/aromatic N) is 3. The number of esters is 1. The van der Waals surface area contributed by atoms with E-state index in [0.29, 0.717) is 12.4 Å². The number of aromatic nitrogens is 1. The fraction of sp³-hybridized carbons (Fsp3) is 0.500. The first-order valence-corrected chi connectivity index (χ1v) is 6.05. The summed E-state index contributed by atoms with van der Waals surface area (Å²) in [6, 6.07) is 2.78. The zero-order valence-corrected chi connectivity index (χ0v) is 10.6. The Balaban J connectivity index is 2.15. The molecule has 7 nitrogen and oxygen atoms in total. The third kappa shape index (κ3) is 2.98. The van der Waals surface area contributed by atoms with Crippen LogP contribution < -0.4 is 4.90 Å². The highest BCUT2D eigenvalue weighted by Gasteiger charge is 2.27. The highest BCUT2D eigenvalue weighted by molar-refractivity contribution is 5.73. The topological polar surface area (TPSA) is 85.6 Å². The summed E-state index contributed by atoms with van der Waals surface area (Å²) < 4.78 is 4.74. The van der Waals surface area contributed by atoms with E-state index in [4.69, 9.17) is 4.74 Å². The predicted octanol–water partition coefficient (Wildman–Crippen LogP) is 1.38. The molecule has 0 spiro atoms. The van der Waals surface area contributed by atoms with Gasteiger partial charge < -0.3 is 9.64 Å². The van der Waals surface area contributed by atoms with Gasteiger partial charge in [0.1, 0.15) is 5.82 Å². The lowest BCUT2D eigenvalue weighted by Crippen LogP contribution is -2.39. The predicted molar refractivity (Wildman–Crippen MR) is 67.8 cm³/mol. The van der Waals surface area contributed by atoms with E-state index >= 15 is 0 Å². The van der Waals surface area contributed by atoms with E-state index < -0.39 is 4.92 Å². The second-order valence-corrected chi connectivity index (χ2v) is 4.44. The van der Waals surface area contributed by atoms with Gasteiger partial charge in [0, 0.05) is 25.4 Å². The van der Waals surface area contributed by atoms with E-state index in [0.717, 1.165) is 19.4 Å². The Bertz CT molecular complexity index is 492. The van der Waals surface area contributed by atoms with Crippen LogP contribution in [0.4, 0.5) is 11.5 Å². The van der Waals surface area contributed by atoms with Crippen LogP contribution in [0.25, 0.3) is 0 Å². The van der Waals surface area contributed by atoms with Crippen LogP contribution in [-0.2, 0) is 9.53 Å². The first-order valence-electron chi connectivity index (χ1n) is 6.05. The zero-order valence-electron chi connectivity index (χ0n) is 10.6. The highest BCUT2D eigenvalue weighted by atomic mass is 16.6. The van der Waals surface area contributed by atoms with Gasteiger partial charge >= 0.3 is 5.97 Å². The van der Waals surface area contributed by atoms with Gasteiger partial charge in [-0.15, -0.1) is 0 Å². The van der Waals surface area contributed by atoms with Crippen molar-refractivity contribution in [3.8, 4) is 0 Å². The van der Waals surface area contributed by atoms with Crippen LogP contribution in [0.5, 0.6) is 0 Å². The molecule has 1 fully saturated rings. The molecule has 2 rings (SSSR count). The average Bonchev–Trinajstić information content (AvgIpc) is 2.46. The summed E-state index contributed by atoms with van der Waals surface area (Å²) in [6.07, 6.45) is 3.03. The van der Waals surface area contributed by atoms with Crippen molar-refractivity contribution >= 4 is 17.5 Å². The van der Waals surface area contributed by atoms with E-state index in [9.17, 15) is 14.9 Å². The molecular formula is C12H15N3O4. The quantitative estimate of drug-likeness (QED) is 0.466. The molecular weight excluding hydrogens is 250 g/mol. The van der Waals surface area contributed by atoms with Crippen molar-refractivity contribution in [3.05, 3.63) is 28.4 Å². The van der Waals surface area contributed by atoms with Crippen molar-refractivity contribution in [2.45, 2.75) is 12.8 Å². The molecule has 7 heteroatoms. The van der Waals surface area contributed by atoms with Gasteiger partial charge in [-0.25, -0.2) is 4.98 Å². The van der Waals surface area contributed by atoms with Crippen LogP contribution in [0.1, 0.15) is 12.8 Å². The number of nitro groups is 1. The molecule has 0 radical (unpaired) electrons. The molecule has 1 unspecified atom stereocenters. The number of anilines is 1. The number of rotatable bonds is 3. The first kappa shape index (κ1) is 13.3. The van der Waals surface area contributed by atoms with Crippen molar-refractivity contribution in [1.29, 1.82) is 0 Å². The Morgan fingerprint density at radius 3 is 3.11 bits per heavy atom. The Kier molecular flexibility index (Phi) is 3.94. The maximum Gasteiger partial charge on any atom is 0.310 e. The molecule has 1 atom stereocenters. The summed E-state index contributed by atoms with van der Waals surface area (Å²) >= 11 is 0. The third-order valence-corrected chi connectivity index (χ3v) is 3.22. The van der Waals surface area contributed by atoms with E-state index in [2.05, 4.69) is 4.98 Å². The van der Waals surface area contributed by atoms with Crippen molar-refractivity contribution in [2.75, 3.05) is 25.1 Å². The van der Waals surface area contributed by atoms with Crippen LogP contribution in [-0.4, -0.2) is 36.1 Å². The van der Waals surface area contributed by atoms with Crippen molar-refractivity contribution in [1.82, 2.24) is 4.98 Å². The van der Waals surface area contributed by atoms with Gasteiger partial charge in [0.25, 0.3) is 5.69 Å². The summed E-state index contributed by atoms with van der Waals surface area (Å²) in [5.74, 6) is 0.0951. The molecule has 1 saturated heterocycles. The van der Waals surface area contributed by atoms with Crippen LogP contribution in [0.2, 0.25) is 0 Å². The Labute approximate surface area is 110 Å². The normalized spacial score (nSPS) is 19.0. The maximum absolute atomic E-state index is 11.5. The Morgan fingerprint density at radius 1 is 1.63 bits per heavy atom. The molecule has 2 heterocycles. The molecule has 1 aliphatic heterocycles. The number of methoxy groups -OCH3 is 1. The minimum absolute atomic E-state index is 0.00481. The van der Waals surface area contributed by atoms with Gasteiger partial charge in [-0.1, -0.05) is 0 Å². The van der Waals surface area contributed by atoms with Crippen LogP contribution in [0.15, 0.2) is 18.3 Å². The molecule has 1 aromatic rings. The average molecular weight is 265 g/mol. The van der Waals surface area contributed by atoms with Gasteiger partial charge in [0.15, 0.2) is 0 Å². The highest BCUT2D eigenvalue weighted by Crippen LogP contribution is 2.24. The summed E-state index contributed by atoms with van der Waals surface area (Å²) in [5.41, 5.74) is 0.00481. The first-order chi connectivity index (χ1) is 9.11. The summed E-state index contributed by atoms with van der Waals surface area (Å²) in [5, 5.41) is 10.7. The van der Waals surface area contributed by atoms with E-state index in [1.807, 2.05) is 4.90 Å². The minimum atomic E-state index is -0.451. The molecule has 19 heavy (non-hydrogen) atoms. The van der Waals surface area contributed by atoms with Gasteiger partial charge in [0.2, 0.25) is 0 Å². The summed E-state index contributed by atoms with van der Waals surface area (Å²) in [6.45, 7) is 1.22. The molecule has 0 amide bonds. The second kappa shape index (κ2) is 5.64. The van der Waals surface area contributed by atoms with Gasteiger partial charge in [-0.05, 0) is 12.8 Å². The van der Waals surface area contributed by atoms with Crippen LogP contribution >= 0.6 is 0 Å². The van der Waals surface area contributed by atoms with Crippen molar-refractivity contribution < 1.29 is 14.5 Å². The Morgan fingerprint density at radius 2 is 2.42 bits per heavy atom. The third-order valence-electron chi connectivity index (χ3n) is 3.22. The molecule has 0 bridgehead atoms. The summed E-state index contributed by atoms with van der Waals surface area (Å²) in [4.78, 5) is 27.9. The molecule has 0 saturated carbocycles. The fourth-order valence-corrected chi connectivity index (χ4v) is 2.24. The number of carbonyl (C=O) groups is 1. The van der Waals surface area contributed by atoms with Crippen molar-refractivity contribution in [2.24, 2.45) is 5.92 Å². The molecule has 102 valence electrons. The lowest BCUT2D eigenvalue weighted by molar-refractivity contribution is -0.384. The molecule has 0 aliphatic carbocycles. The monoisotopic (exact) mass is 265 g/mol. The SMILES string of the molecule is COC(=O)C1CCCN(c2cc([N+](=O)[O-])ccn2)C1. The molecule has 0 aromatic carbocycles. The smallest absolute Gasteiger partial charge is 0.310 e. The number of hydrogen-bond donors (Lipinski definition) is 0. The van der Waals surface area contributed by atoms with Gasteiger partial charge in [0.05, 0.1) is 24.0 Å². The van der Waals surface area contributed by atoms with Crippen LogP contribution in [0.3, 0.4) is 0 Å². The number of piperidine rings is 1. The largest absolute Gasteiger partial charge is 0.469 e. The van der Waals surface area contributed by atoms with Gasteiger partial charge in [-0.2, -0.15) is 0 Å². The van der Waals surface area contributed by atoms with Crippen molar-refractivity contribution in [3.63, 3.8) is 0 Å². The molecule has 1 aromatic heterocycles. The molecule has 1 aliphatic rings. The van der Waals surface area contributed by atoms with E-state index in [1.165, 1.54) is 25.4 Å². The zero-order chi connectivity index (χ0) is 13.8. The standard InChI is InChI=1S/C12H15N3O4/c1-19-12(16)9-3-2-6-14(8-9)11-7-10(15(17)18)4-5-13-11/h4-5,7,9H,2-3,6,8H2,1H3. The van der Waals surface area contributed by atoms with E-state index in [-0.39, 0.29) is 17.6 Å². The summed E-state index contributed by atoms with van der Waals surface area (Å²) in [7, 11) is 1.37. The minimum Gasteiger partial charge on any atom is -0.469 e. The van der Waals surface area contributed by atoms with E-state index in [1.54, 1.807) is 0 Å². The number of hydrogen-bond acceptors (Lipinski definition) is 6. The second-order valence-electron chi connectivity index (χ2n) is 4.44. The maximum atomic E-state index is 11.5. The molecule has 0 N–H and O–H groups in total. The fourth-order valence-electron chi connectivity index (χ4n) is 2.24. The van der Waals surface area contributed by atoms with Gasteiger partial charge in [-0.3, -0.25) is 14.9 Å². The number of ether oxygens (including phenoxy) is 1.